The zero-order valence-corrected chi connectivity index (χ0v) is 12.0. The van der Waals surface area contributed by atoms with E-state index < -0.39 is 0 Å². The van der Waals surface area contributed by atoms with Crippen LogP contribution in [-0.4, -0.2) is 25.6 Å². The lowest BCUT2D eigenvalue weighted by Crippen LogP contribution is -2.07. The molecule has 1 aromatic carbocycles. The molecule has 0 aliphatic heterocycles. The quantitative estimate of drug-likeness (QED) is 0.693. The number of halogens is 1. The molecule has 0 N–H and O–H groups in total. The van der Waals surface area contributed by atoms with Gasteiger partial charge in [0, 0.05) is 18.5 Å². The van der Waals surface area contributed by atoms with Gasteiger partial charge in [0.25, 0.3) is 0 Å². The molecule has 0 bridgehead atoms. The molecule has 0 saturated heterocycles. The summed E-state index contributed by atoms with van der Waals surface area (Å²) in [6.45, 7) is 2.74. The number of rotatable bonds is 4. The Hall–Kier alpha value is -1.94. The average molecular weight is 287 g/mol. The van der Waals surface area contributed by atoms with Crippen molar-refractivity contribution in [3.05, 3.63) is 53.6 Å². The number of alkyl halides is 1. The number of benzene rings is 1. The van der Waals surface area contributed by atoms with Gasteiger partial charge in [0.2, 0.25) is 0 Å². The number of aromatic nitrogens is 4. The molecule has 0 aliphatic carbocycles. The number of hydrogen-bond donors (Lipinski definition) is 0. The van der Waals surface area contributed by atoms with Crippen molar-refractivity contribution in [2.45, 2.75) is 19.9 Å². The van der Waals surface area contributed by atoms with E-state index in [4.69, 9.17) is 16.6 Å². The van der Waals surface area contributed by atoms with Gasteiger partial charge in [0.15, 0.2) is 0 Å². The summed E-state index contributed by atoms with van der Waals surface area (Å²) >= 11 is 5.90. The van der Waals surface area contributed by atoms with Crippen molar-refractivity contribution < 1.29 is 0 Å². The fraction of sp³-hybridized carbons (Fsp3) is 0.267. The second-order valence-corrected chi connectivity index (χ2v) is 5.09. The number of fused-ring (bicyclic) bond motifs is 1. The van der Waals surface area contributed by atoms with Gasteiger partial charge in [0.05, 0.1) is 23.3 Å². The molecule has 3 aromatic rings. The fourth-order valence-corrected chi connectivity index (χ4v) is 2.54. The van der Waals surface area contributed by atoms with Gasteiger partial charge in [-0.2, -0.15) is 10.2 Å². The van der Waals surface area contributed by atoms with E-state index in [2.05, 4.69) is 39.9 Å². The largest absolute Gasteiger partial charge is 0.322 e. The lowest BCUT2D eigenvalue weighted by atomic mass is 10.2. The highest BCUT2D eigenvalue weighted by Gasteiger charge is 2.12. The van der Waals surface area contributed by atoms with E-state index >= 15 is 0 Å². The molecule has 4 nitrogen and oxygen atoms in total. The summed E-state index contributed by atoms with van der Waals surface area (Å²) in [5.41, 5.74) is 4.26. The number of imidazole rings is 1. The van der Waals surface area contributed by atoms with Crippen LogP contribution in [0.15, 0.2) is 36.5 Å². The van der Waals surface area contributed by atoms with Gasteiger partial charge in [-0.1, -0.05) is 12.1 Å². The molecule has 0 unspecified atom stereocenters. The summed E-state index contributed by atoms with van der Waals surface area (Å²) < 4.78 is 2.18. The van der Waals surface area contributed by atoms with E-state index in [9.17, 15) is 0 Å². The Labute approximate surface area is 122 Å². The third kappa shape index (κ3) is 2.39. The molecule has 0 atom stereocenters. The summed E-state index contributed by atoms with van der Waals surface area (Å²) in [6, 6.07) is 10.1. The molecule has 0 amide bonds. The number of aryl methyl sites for hydroxylation is 2. The van der Waals surface area contributed by atoms with Crippen LogP contribution in [0.25, 0.3) is 11.0 Å². The Morgan fingerprint density at radius 2 is 2.10 bits per heavy atom. The Balaban J connectivity index is 2.12. The minimum absolute atomic E-state index is 0.558. The molecule has 3 rings (SSSR count). The maximum Gasteiger partial charge on any atom is 0.111 e. The van der Waals surface area contributed by atoms with E-state index in [0.717, 1.165) is 29.0 Å². The van der Waals surface area contributed by atoms with E-state index in [1.54, 1.807) is 6.20 Å². The normalized spacial score (nSPS) is 11.1. The first kappa shape index (κ1) is 13.1. The highest BCUT2D eigenvalue weighted by Crippen LogP contribution is 2.21. The summed E-state index contributed by atoms with van der Waals surface area (Å²) in [5, 5.41) is 8.08. The SMILES string of the molecule is Cc1cccc2c1nc(CCCl)n2Cc1cccnn1. The molecule has 5 heteroatoms. The average Bonchev–Trinajstić information content (AvgIpc) is 2.81. The minimum Gasteiger partial charge on any atom is -0.322 e. The van der Waals surface area contributed by atoms with E-state index in [1.165, 1.54) is 5.56 Å². The van der Waals surface area contributed by atoms with Gasteiger partial charge in [0.1, 0.15) is 5.82 Å². The molecule has 0 spiro atoms. The fourth-order valence-electron chi connectivity index (χ4n) is 2.37. The number of nitrogens with zero attached hydrogens (tertiary/aromatic N) is 4. The molecule has 0 aliphatic rings. The lowest BCUT2D eigenvalue weighted by molar-refractivity contribution is 0.724. The first-order valence-corrected chi connectivity index (χ1v) is 7.10. The van der Waals surface area contributed by atoms with Crippen LogP contribution >= 0.6 is 11.6 Å². The van der Waals surface area contributed by atoms with Gasteiger partial charge < -0.3 is 4.57 Å². The topological polar surface area (TPSA) is 43.6 Å². The molecule has 20 heavy (non-hydrogen) atoms. The lowest BCUT2D eigenvalue weighted by Gasteiger charge is -2.07. The molecule has 2 heterocycles. The van der Waals surface area contributed by atoms with Crippen molar-refractivity contribution in [2.24, 2.45) is 0 Å². The van der Waals surface area contributed by atoms with E-state index in [0.29, 0.717) is 12.4 Å². The monoisotopic (exact) mass is 286 g/mol. The van der Waals surface area contributed by atoms with Gasteiger partial charge >= 0.3 is 0 Å². The summed E-state index contributed by atoms with van der Waals surface area (Å²) in [5.74, 6) is 1.55. The highest BCUT2D eigenvalue weighted by molar-refractivity contribution is 6.17. The Kier molecular flexibility index (Phi) is 3.65. The van der Waals surface area contributed by atoms with Crippen molar-refractivity contribution >= 4 is 22.6 Å². The zero-order chi connectivity index (χ0) is 13.9. The molecular weight excluding hydrogens is 272 g/mol. The predicted octanol–water partition coefficient (Wildman–Crippen LogP) is 2.96. The van der Waals surface area contributed by atoms with Crippen molar-refractivity contribution in [1.29, 1.82) is 0 Å². The van der Waals surface area contributed by atoms with Crippen molar-refractivity contribution in [2.75, 3.05) is 5.88 Å². The second kappa shape index (κ2) is 5.59. The maximum absolute atomic E-state index is 5.90. The molecule has 2 aromatic heterocycles. The number of para-hydroxylation sites is 1. The Morgan fingerprint density at radius 1 is 1.20 bits per heavy atom. The first-order chi connectivity index (χ1) is 9.79. The standard InChI is InChI=1S/C15H15ClN4/c1-11-4-2-6-13-15(11)18-14(7-8-16)20(13)10-12-5-3-9-17-19-12/h2-6,9H,7-8,10H2,1H3. The van der Waals surface area contributed by atoms with Crippen LogP contribution in [0.4, 0.5) is 0 Å². The third-order valence-corrected chi connectivity index (χ3v) is 3.51. The highest BCUT2D eigenvalue weighted by atomic mass is 35.5. The van der Waals surface area contributed by atoms with Crippen LogP contribution in [0.1, 0.15) is 17.1 Å². The van der Waals surface area contributed by atoms with Crippen LogP contribution in [-0.2, 0) is 13.0 Å². The van der Waals surface area contributed by atoms with Crippen LogP contribution < -0.4 is 0 Å². The molecular formula is C15H15ClN4. The molecule has 0 radical (unpaired) electrons. The van der Waals surface area contributed by atoms with Crippen LogP contribution in [0, 0.1) is 6.92 Å². The van der Waals surface area contributed by atoms with Crippen LogP contribution in [0.5, 0.6) is 0 Å². The second-order valence-electron chi connectivity index (χ2n) is 4.71. The molecule has 102 valence electrons. The van der Waals surface area contributed by atoms with E-state index in [-0.39, 0.29) is 0 Å². The maximum atomic E-state index is 5.90. The van der Waals surface area contributed by atoms with Gasteiger partial charge in [-0.3, -0.25) is 0 Å². The third-order valence-electron chi connectivity index (χ3n) is 3.33. The van der Waals surface area contributed by atoms with Crippen LogP contribution in [0.2, 0.25) is 0 Å². The van der Waals surface area contributed by atoms with Gasteiger partial charge in [-0.25, -0.2) is 4.98 Å². The van der Waals surface area contributed by atoms with E-state index in [1.807, 2.05) is 12.1 Å². The zero-order valence-electron chi connectivity index (χ0n) is 11.3. The van der Waals surface area contributed by atoms with Gasteiger partial charge in [-0.15, -0.1) is 11.6 Å². The minimum atomic E-state index is 0.558. The number of hydrogen-bond acceptors (Lipinski definition) is 3. The predicted molar refractivity (Wildman–Crippen MR) is 80.0 cm³/mol. The van der Waals surface area contributed by atoms with Crippen molar-refractivity contribution in [3.8, 4) is 0 Å². The summed E-state index contributed by atoms with van der Waals surface area (Å²) in [6.07, 6.45) is 2.43. The Bertz CT molecular complexity index is 721. The van der Waals surface area contributed by atoms with Gasteiger partial charge in [-0.05, 0) is 30.7 Å². The van der Waals surface area contributed by atoms with Crippen molar-refractivity contribution in [1.82, 2.24) is 19.7 Å². The smallest absolute Gasteiger partial charge is 0.111 e. The summed E-state index contributed by atoms with van der Waals surface area (Å²) in [4.78, 5) is 4.73. The Morgan fingerprint density at radius 3 is 2.85 bits per heavy atom. The van der Waals surface area contributed by atoms with Crippen molar-refractivity contribution in [3.63, 3.8) is 0 Å². The molecule has 0 fully saturated rings. The van der Waals surface area contributed by atoms with Crippen LogP contribution in [0.3, 0.4) is 0 Å². The summed E-state index contributed by atoms with van der Waals surface area (Å²) in [7, 11) is 0. The first-order valence-electron chi connectivity index (χ1n) is 6.57. The molecule has 0 saturated carbocycles.